The Morgan fingerprint density at radius 3 is 2.57 bits per heavy atom. The van der Waals surface area contributed by atoms with Gasteiger partial charge in [-0.2, -0.15) is 0 Å². The van der Waals surface area contributed by atoms with Gasteiger partial charge in [0.2, 0.25) is 5.95 Å². The minimum absolute atomic E-state index is 0.751. The van der Waals surface area contributed by atoms with Crippen molar-refractivity contribution < 1.29 is 9.47 Å². The van der Waals surface area contributed by atoms with Gasteiger partial charge in [0.15, 0.2) is 0 Å². The molecule has 0 spiro atoms. The van der Waals surface area contributed by atoms with Crippen LogP contribution in [-0.4, -0.2) is 37.3 Å². The summed E-state index contributed by atoms with van der Waals surface area (Å²) in [5.41, 5.74) is 1.82. The first kappa shape index (κ1) is 15.6. The van der Waals surface area contributed by atoms with Crippen LogP contribution < -0.4 is 14.4 Å². The number of hydrogen-bond donors (Lipinski definition) is 0. The molecule has 1 fully saturated rings. The molecule has 0 aliphatic carbocycles. The Hall–Kier alpha value is -2.30. The highest BCUT2D eigenvalue weighted by molar-refractivity contribution is 5.69. The molecule has 1 aromatic carbocycles. The standard InChI is InChI=1S/C18H23N3O2/c1-13-7-10-21(11-8-13)18-19-9-6-16(20-18)15-5-4-14(22-2)12-17(15)23-3/h4-6,9,12-13H,7-8,10-11H2,1-3H3. The van der Waals surface area contributed by atoms with Crippen molar-refractivity contribution >= 4 is 5.95 Å². The molecule has 0 amide bonds. The Kier molecular flexibility index (Phi) is 4.65. The van der Waals surface area contributed by atoms with Crippen molar-refractivity contribution in [1.82, 2.24) is 9.97 Å². The van der Waals surface area contributed by atoms with Gasteiger partial charge in [-0.25, -0.2) is 9.97 Å². The minimum Gasteiger partial charge on any atom is -0.497 e. The summed E-state index contributed by atoms with van der Waals surface area (Å²) in [6.07, 6.45) is 4.21. The van der Waals surface area contributed by atoms with Crippen LogP contribution in [0.25, 0.3) is 11.3 Å². The van der Waals surface area contributed by atoms with Gasteiger partial charge in [0.25, 0.3) is 0 Å². The Morgan fingerprint density at radius 1 is 1.09 bits per heavy atom. The van der Waals surface area contributed by atoms with Gasteiger partial charge < -0.3 is 14.4 Å². The smallest absolute Gasteiger partial charge is 0.225 e. The lowest BCUT2D eigenvalue weighted by molar-refractivity contribution is 0.395. The van der Waals surface area contributed by atoms with Crippen molar-refractivity contribution in [3.63, 3.8) is 0 Å². The molecule has 0 N–H and O–H groups in total. The first-order chi connectivity index (χ1) is 11.2. The molecule has 0 bridgehead atoms. The molecule has 122 valence electrons. The zero-order valence-electron chi connectivity index (χ0n) is 14.0. The van der Waals surface area contributed by atoms with Gasteiger partial charge >= 0.3 is 0 Å². The Balaban J connectivity index is 1.90. The highest BCUT2D eigenvalue weighted by Gasteiger charge is 2.19. The summed E-state index contributed by atoms with van der Waals surface area (Å²) in [5.74, 6) is 3.11. The molecular formula is C18H23N3O2. The summed E-state index contributed by atoms with van der Waals surface area (Å²) in [6.45, 7) is 4.34. The molecule has 0 unspecified atom stereocenters. The van der Waals surface area contributed by atoms with Crippen LogP contribution in [0.15, 0.2) is 30.5 Å². The van der Waals surface area contributed by atoms with Crippen LogP contribution in [0.2, 0.25) is 0 Å². The molecule has 2 aromatic rings. The number of rotatable bonds is 4. The number of ether oxygens (including phenoxy) is 2. The number of hydrogen-bond acceptors (Lipinski definition) is 5. The Labute approximate surface area is 137 Å². The van der Waals surface area contributed by atoms with E-state index < -0.39 is 0 Å². The molecule has 2 heterocycles. The third-order valence-corrected chi connectivity index (χ3v) is 4.39. The molecule has 0 radical (unpaired) electrons. The normalized spacial score (nSPS) is 15.5. The predicted octanol–water partition coefficient (Wildman–Crippen LogP) is 3.40. The average Bonchev–Trinajstić information content (AvgIpc) is 2.62. The first-order valence-corrected chi connectivity index (χ1v) is 8.01. The minimum atomic E-state index is 0.751. The van der Waals surface area contributed by atoms with Crippen LogP contribution in [0.1, 0.15) is 19.8 Å². The maximum Gasteiger partial charge on any atom is 0.225 e. The highest BCUT2D eigenvalue weighted by Crippen LogP contribution is 2.33. The lowest BCUT2D eigenvalue weighted by Crippen LogP contribution is -2.34. The van der Waals surface area contributed by atoms with Gasteiger partial charge in [0, 0.05) is 30.9 Å². The molecule has 0 saturated carbocycles. The number of aromatic nitrogens is 2. The van der Waals surface area contributed by atoms with Gasteiger partial charge in [-0.3, -0.25) is 0 Å². The van der Waals surface area contributed by atoms with Crippen molar-refractivity contribution in [1.29, 1.82) is 0 Å². The van der Waals surface area contributed by atoms with Gasteiger partial charge in [-0.1, -0.05) is 6.92 Å². The second kappa shape index (κ2) is 6.86. The summed E-state index contributed by atoms with van der Waals surface area (Å²) in [6, 6.07) is 7.68. The molecule has 1 aliphatic heterocycles. The van der Waals surface area contributed by atoms with Crippen molar-refractivity contribution in [2.24, 2.45) is 5.92 Å². The number of piperidine rings is 1. The van der Waals surface area contributed by atoms with Crippen molar-refractivity contribution in [2.75, 3.05) is 32.2 Å². The maximum atomic E-state index is 5.49. The topological polar surface area (TPSA) is 47.5 Å². The summed E-state index contributed by atoms with van der Waals surface area (Å²) >= 11 is 0. The van der Waals surface area contributed by atoms with E-state index in [4.69, 9.17) is 14.5 Å². The zero-order chi connectivity index (χ0) is 16.2. The molecule has 23 heavy (non-hydrogen) atoms. The van der Waals surface area contributed by atoms with Gasteiger partial charge in [0.1, 0.15) is 11.5 Å². The fraction of sp³-hybridized carbons (Fsp3) is 0.444. The molecule has 1 aromatic heterocycles. The number of anilines is 1. The van der Waals surface area contributed by atoms with E-state index in [1.165, 1.54) is 12.8 Å². The van der Waals surface area contributed by atoms with E-state index in [2.05, 4.69) is 16.8 Å². The van der Waals surface area contributed by atoms with E-state index in [0.717, 1.165) is 47.7 Å². The van der Waals surface area contributed by atoms with Gasteiger partial charge in [-0.05, 0) is 37.0 Å². The molecule has 0 atom stereocenters. The SMILES string of the molecule is COc1ccc(-c2ccnc(N3CCC(C)CC3)n2)c(OC)c1. The highest BCUT2D eigenvalue weighted by atomic mass is 16.5. The van der Waals surface area contributed by atoms with Crippen LogP contribution >= 0.6 is 0 Å². The quantitative estimate of drug-likeness (QED) is 0.866. The van der Waals surface area contributed by atoms with E-state index in [-0.39, 0.29) is 0 Å². The average molecular weight is 313 g/mol. The van der Waals surface area contributed by atoms with Crippen molar-refractivity contribution in [2.45, 2.75) is 19.8 Å². The maximum absolute atomic E-state index is 5.49. The lowest BCUT2D eigenvalue weighted by Gasteiger charge is -2.30. The third-order valence-electron chi connectivity index (χ3n) is 4.39. The second-order valence-electron chi connectivity index (χ2n) is 5.98. The largest absolute Gasteiger partial charge is 0.497 e. The van der Waals surface area contributed by atoms with E-state index >= 15 is 0 Å². The van der Waals surface area contributed by atoms with Gasteiger partial charge in [-0.15, -0.1) is 0 Å². The number of methoxy groups -OCH3 is 2. The van der Waals surface area contributed by atoms with Crippen LogP contribution in [-0.2, 0) is 0 Å². The molecular weight excluding hydrogens is 290 g/mol. The summed E-state index contributed by atoms with van der Waals surface area (Å²) in [5, 5.41) is 0. The van der Waals surface area contributed by atoms with Crippen LogP contribution in [0.3, 0.4) is 0 Å². The second-order valence-corrected chi connectivity index (χ2v) is 5.98. The Morgan fingerprint density at radius 2 is 1.87 bits per heavy atom. The fourth-order valence-electron chi connectivity index (χ4n) is 2.87. The predicted molar refractivity (Wildman–Crippen MR) is 91.2 cm³/mol. The van der Waals surface area contributed by atoms with Crippen LogP contribution in [0, 0.1) is 5.92 Å². The summed E-state index contributed by atoms with van der Waals surface area (Å²) < 4.78 is 10.7. The van der Waals surface area contributed by atoms with Gasteiger partial charge in [0.05, 0.1) is 19.9 Å². The molecule has 5 heteroatoms. The first-order valence-electron chi connectivity index (χ1n) is 8.01. The molecule has 1 saturated heterocycles. The number of nitrogens with zero attached hydrogens (tertiary/aromatic N) is 3. The molecule has 1 aliphatic rings. The van der Waals surface area contributed by atoms with Crippen LogP contribution in [0.4, 0.5) is 5.95 Å². The van der Waals surface area contributed by atoms with E-state index in [0.29, 0.717) is 0 Å². The van der Waals surface area contributed by atoms with Crippen molar-refractivity contribution in [3.05, 3.63) is 30.5 Å². The fourth-order valence-corrected chi connectivity index (χ4v) is 2.87. The summed E-state index contributed by atoms with van der Waals surface area (Å²) in [4.78, 5) is 11.5. The lowest BCUT2D eigenvalue weighted by atomic mass is 10.00. The van der Waals surface area contributed by atoms with E-state index in [1.807, 2.05) is 30.5 Å². The van der Waals surface area contributed by atoms with Crippen molar-refractivity contribution in [3.8, 4) is 22.8 Å². The third kappa shape index (κ3) is 3.38. The van der Waals surface area contributed by atoms with E-state index in [1.54, 1.807) is 14.2 Å². The monoisotopic (exact) mass is 313 g/mol. The molecule has 5 nitrogen and oxygen atoms in total. The zero-order valence-corrected chi connectivity index (χ0v) is 14.0. The number of benzene rings is 1. The Bertz CT molecular complexity index is 667. The molecule has 3 rings (SSSR count). The summed E-state index contributed by atoms with van der Waals surface area (Å²) in [7, 11) is 3.31. The van der Waals surface area contributed by atoms with Crippen LogP contribution in [0.5, 0.6) is 11.5 Å². The van der Waals surface area contributed by atoms with E-state index in [9.17, 15) is 0 Å².